The zero-order valence-electron chi connectivity index (χ0n) is 13.6. The Morgan fingerprint density at radius 1 is 1.31 bits per heavy atom. The van der Waals surface area contributed by atoms with Crippen LogP contribution in [-0.2, 0) is 20.9 Å². The molecular weight excluding hydrogens is 375 g/mol. The van der Waals surface area contributed by atoms with Gasteiger partial charge in [0.05, 0.1) is 28.8 Å². The van der Waals surface area contributed by atoms with Crippen LogP contribution in [0.2, 0.25) is 0 Å². The number of thiazole rings is 1. The van der Waals surface area contributed by atoms with Gasteiger partial charge in [-0.15, -0.1) is 11.3 Å². The van der Waals surface area contributed by atoms with Gasteiger partial charge in [0.2, 0.25) is 0 Å². The highest BCUT2D eigenvalue weighted by Crippen LogP contribution is 2.37. The van der Waals surface area contributed by atoms with E-state index in [1.807, 2.05) is 0 Å². The van der Waals surface area contributed by atoms with E-state index < -0.39 is 15.9 Å². The molecule has 0 atom stereocenters. The predicted octanol–water partition coefficient (Wildman–Crippen LogP) is 3.96. The lowest BCUT2D eigenvalue weighted by molar-refractivity contribution is 0.312. The summed E-state index contributed by atoms with van der Waals surface area (Å²) in [6.45, 7) is -0.140. The fourth-order valence-corrected chi connectivity index (χ4v) is 3.59. The van der Waals surface area contributed by atoms with Crippen LogP contribution in [0.1, 0.15) is 11.1 Å². The molecule has 0 radical (unpaired) electrons. The zero-order chi connectivity index (χ0) is 18.7. The van der Waals surface area contributed by atoms with Gasteiger partial charge in [0.25, 0.3) is 10.1 Å². The number of aromatic nitrogens is 1. The van der Waals surface area contributed by atoms with E-state index in [4.69, 9.17) is 9.44 Å². The van der Waals surface area contributed by atoms with E-state index in [-0.39, 0.29) is 12.2 Å². The predicted molar refractivity (Wildman–Crippen MR) is 97.3 cm³/mol. The van der Waals surface area contributed by atoms with E-state index >= 15 is 0 Å². The molecule has 2 aromatic carbocycles. The number of halogens is 1. The van der Waals surface area contributed by atoms with Gasteiger partial charge in [-0.1, -0.05) is 24.3 Å². The van der Waals surface area contributed by atoms with E-state index in [2.05, 4.69) is 4.98 Å². The fourth-order valence-electron chi connectivity index (χ4n) is 2.54. The smallest absolute Gasteiger partial charge is 0.264 e. The van der Waals surface area contributed by atoms with Crippen LogP contribution >= 0.6 is 11.3 Å². The molecule has 132 valence electrons. The maximum atomic E-state index is 14.1. The van der Waals surface area contributed by atoms with Gasteiger partial charge in [-0.2, -0.15) is 13.7 Å². The van der Waals surface area contributed by atoms with Crippen LogP contribution in [0.4, 0.5) is 4.39 Å². The molecule has 0 aliphatic carbocycles. The van der Waals surface area contributed by atoms with E-state index in [0.717, 1.165) is 16.7 Å². The van der Waals surface area contributed by atoms with Crippen LogP contribution in [0.15, 0.2) is 48.1 Å². The second kappa shape index (κ2) is 7.33. The van der Waals surface area contributed by atoms with E-state index in [0.29, 0.717) is 16.7 Å². The monoisotopic (exact) mass is 388 g/mol. The minimum absolute atomic E-state index is 0.0374. The molecule has 3 rings (SSSR count). The van der Waals surface area contributed by atoms with Gasteiger partial charge >= 0.3 is 0 Å². The SMILES string of the molecule is CS(=O)(=O)OCc1cccc(-c2ccc(C#N)c(F)c2)c1-c1cncs1. The fraction of sp³-hybridized carbons (Fsp3) is 0.111. The van der Waals surface area contributed by atoms with E-state index in [9.17, 15) is 12.8 Å². The summed E-state index contributed by atoms with van der Waals surface area (Å²) < 4.78 is 41.7. The number of hydrogen-bond donors (Lipinski definition) is 0. The molecule has 0 unspecified atom stereocenters. The lowest BCUT2D eigenvalue weighted by atomic mass is 9.94. The van der Waals surface area contributed by atoms with Crippen molar-refractivity contribution >= 4 is 21.5 Å². The molecule has 0 saturated heterocycles. The average molecular weight is 388 g/mol. The van der Waals surface area contributed by atoms with Crippen LogP contribution in [0, 0.1) is 17.1 Å². The molecule has 0 aliphatic rings. The quantitative estimate of drug-likeness (QED) is 0.618. The molecule has 0 fully saturated rings. The Kier molecular flexibility index (Phi) is 5.13. The van der Waals surface area contributed by atoms with Gasteiger partial charge in [0.1, 0.15) is 11.9 Å². The first kappa shape index (κ1) is 18.2. The Hall–Kier alpha value is -2.60. The molecule has 26 heavy (non-hydrogen) atoms. The maximum Gasteiger partial charge on any atom is 0.264 e. The van der Waals surface area contributed by atoms with Crippen LogP contribution in [0.25, 0.3) is 21.6 Å². The highest BCUT2D eigenvalue weighted by Gasteiger charge is 2.16. The number of nitriles is 1. The molecule has 0 aliphatic heterocycles. The maximum absolute atomic E-state index is 14.1. The summed E-state index contributed by atoms with van der Waals surface area (Å²) in [6, 6.07) is 11.5. The second-order valence-corrected chi connectivity index (χ2v) is 8.01. The molecule has 1 aromatic heterocycles. The molecule has 0 bridgehead atoms. The van der Waals surface area contributed by atoms with Gasteiger partial charge in [-0.3, -0.25) is 9.17 Å². The summed E-state index contributed by atoms with van der Waals surface area (Å²) in [5, 5.41) is 8.91. The Bertz CT molecular complexity index is 1090. The van der Waals surface area contributed by atoms with Crippen molar-refractivity contribution in [2.24, 2.45) is 0 Å². The minimum atomic E-state index is -3.61. The van der Waals surface area contributed by atoms with Gasteiger partial charge in [0, 0.05) is 11.8 Å². The lowest BCUT2D eigenvalue weighted by Crippen LogP contribution is -2.04. The summed E-state index contributed by atoms with van der Waals surface area (Å²) in [6.07, 6.45) is 2.65. The molecule has 1 heterocycles. The van der Waals surface area contributed by atoms with Crippen LogP contribution < -0.4 is 0 Å². The number of nitrogens with zero attached hydrogens (tertiary/aromatic N) is 2. The first-order valence-corrected chi connectivity index (χ1v) is 10.1. The molecule has 3 aromatic rings. The van der Waals surface area contributed by atoms with E-state index in [1.54, 1.807) is 42.0 Å². The van der Waals surface area contributed by atoms with Crippen molar-refractivity contribution in [3.63, 3.8) is 0 Å². The highest BCUT2D eigenvalue weighted by molar-refractivity contribution is 7.85. The topological polar surface area (TPSA) is 80.0 Å². The normalized spacial score (nSPS) is 11.3. The summed E-state index contributed by atoms with van der Waals surface area (Å²) in [7, 11) is -3.61. The third-order valence-corrected chi connectivity index (χ3v) is 5.00. The van der Waals surface area contributed by atoms with Crippen LogP contribution in [0.3, 0.4) is 0 Å². The van der Waals surface area contributed by atoms with E-state index in [1.165, 1.54) is 23.5 Å². The van der Waals surface area contributed by atoms with Crippen molar-refractivity contribution < 1.29 is 17.0 Å². The summed E-state index contributed by atoms with van der Waals surface area (Å²) >= 11 is 1.38. The first-order chi connectivity index (χ1) is 12.4. The largest absolute Gasteiger partial charge is 0.265 e. The Labute approximate surface area is 154 Å². The molecule has 0 N–H and O–H groups in total. The molecule has 0 spiro atoms. The Morgan fingerprint density at radius 2 is 2.12 bits per heavy atom. The summed E-state index contributed by atoms with van der Waals surface area (Å²) in [5.74, 6) is -0.613. The summed E-state index contributed by atoms with van der Waals surface area (Å²) in [4.78, 5) is 4.87. The Morgan fingerprint density at radius 3 is 2.73 bits per heavy atom. The number of rotatable bonds is 5. The number of hydrogen-bond acceptors (Lipinski definition) is 6. The minimum Gasteiger partial charge on any atom is -0.265 e. The van der Waals surface area contributed by atoms with Gasteiger partial charge in [-0.25, -0.2) is 4.39 Å². The van der Waals surface area contributed by atoms with Crippen LogP contribution in [-0.4, -0.2) is 19.7 Å². The van der Waals surface area contributed by atoms with Gasteiger partial charge < -0.3 is 0 Å². The molecule has 5 nitrogen and oxygen atoms in total. The highest BCUT2D eigenvalue weighted by atomic mass is 32.2. The summed E-state index contributed by atoms with van der Waals surface area (Å²) in [5.41, 5.74) is 4.26. The van der Waals surface area contributed by atoms with Crippen molar-refractivity contribution in [1.29, 1.82) is 5.26 Å². The molecular formula is C18H13FN2O3S2. The van der Waals surface area contributed by atoms with Crippen molar-refractivity contribution in [1.82, 2.24) is 4.98 Å². The second-order valence-electron chi connectivity index (χ2n) is 5.48. The number of benzene rings is 2. The third-order valence-electron chi connectivity index (χ3n) is 3.66. The molecule has 8 heteroatoms. The average Bonchev–Trinajstić information content (AvgIpc) is 3.13. The van der Waals surface area contributed by atoms with Crippen molar-refractivity contribution in [3.05, 3.63) is 65.0 Å². The van der Waals surface area contributed by atoms with Crippen molar-refractivity contribution in [3.8, 4) is 27.6 Å². The Balaban J connectivity index is 2.16. The first-order valence-electron chi connectivity index (χ1n) is 7.44. The van der Waals surface area contributed by atoms with Crippen molar-refractivity contribution in [2.45, 2.75) is 6.61 Å². The molecule has 0 amide bonds. The standard InChI is InChI=1S/C18H13FN2O3S2/c1-26(22,23)24-10-14-3-2-4-15(18(14)17-9-21-11-25-17)12-5-6-13(8-20)16(19)7-12/h2-7,9,11H,10H2,1H3. The third kappa shape index (κ3) is 3.96. The van der Waals surface area contributed by atoms with Gasteiger partial charge in [0.15, 0.2) is 0 Å². The van der Waals surface area contributed by atoms with Crippen LogP contribution in [0.5, 0.6) is 0 Å². The zero-order valence-corrected chi connectivity index (χ0v) is 15.3. The lowest BCUT2D eigenvalue weighted by Gasteiger charge is -2.14. The van der Waals surface area contributed by atoms with Crippen molar-refractivity contribution in [2.75, 3.05) is 6.26 Å². The van der Waals surface area contributed by atoms with Gasteiger partial charge in [-0.05, 0) is 28.8 Å². The molecule has 0 saturated carbocycles.